The fourth-order valence-electron chi connectivity index (χ4n) is 5.27. The Bertz CT molecular complexity index is 1330. The highest BCUT2D eigenvalue weighted by Gasteiger charge is 2.40. The third-order valence-corrected chi connectivity index (χ3v) is 6.77. The van der Waals surface area contributed by atoms with E-state index in [-0.39, 0.29) is 36.0 Å². The van der Waals surface area contributed by atoms with Gasteiger partial charge in [0.2, 0.25) is 5.91 Å². The van der Waals surface area contributed by atoms with E-state index in [0.29, 0.717) is 41.8 Å². The molecule has 1 aliphatic carbocycles. The van der Waals surface area contributed by atoms with Gasteiger partial charge in [0.05, 0.1) is 6.04 Å². The molecule has 1 unspecified atom stereocenters. The largest absolute Gasteiger partial charge is 0.332 e. The molecule has 0 bridgehead atoms. The van der Waals surface area contributed by atoms with Gasteiger partial charge in [0.1, 0.15) is 12.4 Å². The van der Waals surface area contributed by atoms with E-state index in [0.717, 1.165) is 16.7 Å². The molecule has 158 valence electrons. The second kappa shape index (κ2) is 6.85. The third-order valence-electron chi connectivity index (χ3n) is 6.77. The normalized spacial score (nSPS) is 18.7. The average molecular weight is 426 g/mol. The summed E-state index contributed by atoms with van der Waals surface area (Å²) in [4.78, 5) is 42.7. The molecule has 5 nitrogen and oxygen atoms in total. The second-order valence-electron chi connectivity index (χ2n) is 8.48. The van der Waals surface area contributed by atoms with Crippen LogP contribution in [0.5, 0.6) is 0 Å². The first-order valence-corrected chi connectivity index (χ1v) is 10.7. The number of fused-ring (bicyclic) bond motifs is 6. The molecule has 0 spiro atoms. The predicted octanol–water partition coefficient (Wildman–Crippen LogP) is 3.62. The Morgan fingerprint density at radius 1 is 0.938 bits per heavy atom. The maximum Gasteiger partial charge on any atom is 0.255 e. The summed E-state index contributed by atoms with van der Waals surface area (Å²) in [6.07, 6.45) is 0.677. The molecule has 1 atom stereocenters. The molecule has 3 aromatic rings. The number of hydrogen-bond acceptors (Lipinski definition) is 3. The lowest BCUT2D eigenvalue weighted by Gasteiger charge is -2.44. The third kappa shape index (κ3) is 2.65. The van der Waals surface area contributed by atoms with Crippen LogP contribution < -0.4 is 0 Å². The molecular weight excluding hydrogens is 407 g/mol. The van der Waals surface area contributed by atoms with Gasteiger partial charge in [-0.1, -0.05) is 42.5 Å². The van der Waals surface area contributed by atoms with Crippen molar-refractivity contribution >= 4 is 17.6 Å². The zero-order chi connectivity index (χ0) is 22.0. The van der Waals surface area contributed by atoms with Crippen LogP contribution in [0.3, 0.4) is 0 Å². The number of rotatable bonds is 1. The summed E-state index contributed by atoms with van der Waals surface area (Å²) >= 11 is 0. The van der Waals surface area contributed by atoms with E-state index in [4.69, 9.17) is 0 Å². The van der Waals surface area contributed by atoms with Crippen LogP contribution in [0.2, 0.25) is 0 Å². The molecule has 1 saturated heterocycles. The first-order chi connectivity index (χ1) is 15.5. The van der Waals surface area contributed by atoms with Gasteiger partial charge in [-0.25, -0.2) is 4.39 Å². The molecule has 6 heteroatoms. The Hall–Kier alpha value is -3.80. The predicted molar refractivity (Wildman–Crippen MR) is 116 cm³/mol. The Morgan fingerprint density at radius 2 is 1.72 bits per heavy atom. The quantitative estimate of drug-likeness (QED) is 0.467. The van der Waals surface area contributed by atoms with Gasteiger partial charge >= 0.3 is 0 Å². The molecule has 0 radical (unpaired) electrons. The smallest absolute Gasteiger partial charge is 0.255 e. The summed E-state index contributed by atoms with van der Waals surface area (Å²) < 4.78 is 14.0. The van der Waals surface area contributed by atoms with Gasteiger partial charge in [0, 0.05) is 35.3 Å². The SMILES string of the molecule is O=C1c2ccccc2-c2c1cccc2C(=O)N1CC(=O)N2CCc3ccc(F)cc3C2C1. The van der Waals surface area contributed by atoms with Crippen LogP contribution >= 0.6 is 0 Å². The summed E-state index contributed by atoms with van der Waals surface area (Å²) in [5.41, 5.74) is 4.65. The Morgan fingerprint density at radius 3 is 2.56 bits per heavy atom. The van der Waals surface area contributed by atoms with E-state index in [1.165, 1.54) is 17.0 Å². The fraction of sp³-hybridized carbons (Fsp3) is 0.192. The number of nitrogens with zero attached hydrogens (tertiary/aromatic N) is 2. The fourth-order valence-corrected chi connectivity index (χ4v) is 5.27. The monoisotopic (exact) mass is 426 g/mol. The van der Waals surface area contributed by atoms with Crippen LogP contribution in [0.15, 0.2) is 60.7 Å². The number of benzene rings is 3. The first-order valence-electron chi connectivity index (χ1n) is 10.7. The molecule has 2 amide bonds. The maximum absolute atomic E-state index is 14.0. The Balaban J connectivity index is 1.40. The number of carbonyl (C=O) groups is 3. The molecule has 2 heterocycles. The van der Waals surface area contributed by atoms with Gasteiger partial charge in [0.15, 0.2) is 5.78 Å². The van der Waals surface area contributed by atoms with Gasteiger partial charge in [0.25, 0.3) is 5.91 Å². The van der Waals surface area contributed by atoms with E-state index in [1.54, 1.807) is 35.2 Å². The highest BCUT2D eigenvalue weighted by Crippen LogP contribution is 2.40. The van der Waals surface area contributed by atoms with Crippen molar-refractivity contribution in [3.63, 3.8) is 0 Å². The maximum atomic E-state index is 14.0. The lowest BCUT2D eigenvalue weighted by atomic mass is 9.90. The molecule has 0 saturated carbocycles. The van der Waals surface area contributed by atoms with E-state index in [2.05, 4.69) is 0 Å². The van der Waals surface area contributed by atoms with Crippen molar-refractivity contribution in [3.05, 3.63) is 94.3 Å². The van der Waals surface area contributed by atoms with Crippen molar-refractivity contribution in [3.8, 4) is 11.1 Å². The Kier molecular flexibility index (Phi) is 4.05. The summed E-state index contributed by atoms with van der Waals surface area (Å²) in [6.45, 7) is 0.826. The standard InChI is InChI=1S/C26H19FN2O3/c27-16-9-8-15-10-11-29-22(21(15)12-16)13-28(14-23(29)30)26(32)20-7-3-6-19-24(20)17-4-1-2-5-18(17)25(19)31/h1-9,12,22H,10-11,13-14H2. The van der Waals surface area contributed by atoms with Crippen LogP contribution in [0.25, 0.3) is 11.1 Å². The van der Waals surface area contributed by atoms with Crippen molar-refractivity contribution < 1.29 is 18.8 Å². The Labute approximate surface area is 184 Å². The zero-order valence-corrected chi connectivity index (χ0v) is 17.2. The molecule has 2 aliphatic heterocycles. The van der Waals surface area contributed by atoms with Crippen LogP contribution in [0.4, 0.5) is 4.39 Å². The molecular formula is C26H19FN2O3. The number of carbonyl (C=O) groups excluding carboxylic acids is 3. The number of ketones is 1. The van der Waals surface area contributed by atoms with Crippen LogP contribution in [-0.4, -0.2) is 47.0 Å². The summed E-state index contributed by atoms with van der Waals surface area (Å²) in [7, 11) is 0. The van der Waals surface area contributed by atoms with Crippen molar-refractivity contribution in [1.29, 1.82) is 0 Å². The van der Waals surface area contributed by atoms with E-state index >= 15 is 0 Å². The molecule has 6 rings (SSSR count). The van der Waals surface area contributed by atoms with Crippen molar-refractivity contribution in [2.45, 2.75) is 12.5 Å². The molecule has 32 heavy (non-hydrogen) atoms. The van der Waals surface area contributed by atoms with E-state index in [9.17, 15) is 18.8 Å². The molecule has 1 fully saturated rings. The van der Waals surface area contributed by atoms with Gasteiger partial charge in [-0.3, -0.25) is 14.4 Å². The zero-order valence-electron chi connectivity index (χ0n) is 17.2. The molecule has 0 N–H and O–H groups in total. The van der Waals surface area contributed by atoms with Crippen molar-refractivity contribution in [1.82, 2.24) is 9.80 Å². The molecule has 3 aromatic carbocycles. The van der Waals surface area contributed by atoms with Gasteiger partial charge < -0.3 is 9.80 Å². The molecule has 3 aliphatic rings. The van der Waals surface area contributed by atoms with Crippen LogP contribution in [0.1, 0.15) is 43.4 Å². The number of halogens is 1. The summed E-state index contributed by atoms with van der Waals surface area (Å²) in [5.74, 6) is -0.878. The van der Waals surface area contributed by atoms with Crippen molar-refractivity contribution in [2.24, 2.45) is 0 Å². The number of hydrogen-bond donors (Lipinski definition) is 0. The number of piperazine rings is 1. The first kappa shape index (κ1) is 18.9. The minimum Gasteiger partial charge on any atom is -0.332 e. The topological polar surface area (TPSA) is 57.7 Å². The van der Waals surface area contributed by atoms with Gasteiger partial charge in [-0.05, 0) is 41.3 Å². The lowest BCUT2D eigenvalue weighted by molar-refractivity contribution is -0.139. The second-order valence-corrected chi connectivity index (χ2v) is 8.48. The van der Waals surface area contributed by atoms with E-state index < -0.39 is 0 Å². The van der Waals surface area contributed by atoms with Crippen LogP contribution in [0, 0.1) is 5.82 Å². The van der Waals surface area contributed by atoms with Crippen molar-refractivity contribution in [2.75, 3.05) is 19.6 Å². The summed E-state index contributed by atoms with van der Waals surface area (Å²) in [6, 6.07) is 16.7. The number of amides is 2. The van der Waals surface area contributed by atoms with Gasteiger partial charge in [-0.15, -0.1) is 0 Å². The van der Waals surface area contributed by atoms with Gasteiger partial charge in [-0.2, -0.15) is 0 Å². The minimum atomic E-state index is -0.370. The molecule has 0 aromatic heterocycles. The van der Waals surface area contributed by atoms with E-state index in [1.807, 2.05) is 18.2 Å². The highest BCUT2D eigenvalue weighted by molar-refractivity contribution is 6.24. The highest BCUT2D eigenvalue weighted by atomic mass is 19.1. The lowest BCUT2D eigenvalue weighted by Crippen LogP contribution is -2.55. The summed E-state index contributed by atoms with van der Waals surface area (Å²) in [5, 5.41) is 0. The minimum absolute atomic E-state index is 0.0285. The average Bonchev–Trinajstić information content (AvgIpc) is 3.11. The van der Waals surface area contributed by atoms with Crippen LogP contribution in [-0.2, 0) is 11.2 Å².